The second-order valence-electron chi connectivity index (χ2n) is 7.66. The van der Waals surface area contributed by atoms with Crippen LogP contribution in [0.1, 0.15) is 17.5 Å². The van der Waals surface area contributed by atoms with Gasteiger partial charge in [0, 0.05) is 17.3 Å². The Kier molecular flexibility index (Phi) is 9.71. The summed E-state index contributed by atoms with van der Waals surface area (Å²) in [5.74, 6) is 1.33. The average molecular weight is 538 g/mol. The van der Waals surface area contributed by atoms with E-state index in [9.17, 15) is 13.2 Å². The molecule has 0 fully saturated rings. The zero-order chi connectivity index (χ0) is 24.6. The number of carbonyl (C=O) groups excluding carboxylic acids is 1. The van der Waals surface area contributed by atoms with Crippen LogP contribution in [0.5, 0.6) is 0 Å². The van der Waals surface area contributed by atoms with E-state index >= 15 is 0 Å². The van der Waals surface area contributed by atoms with E-state index in [0.29, 0.717) is 11.6 Å². The van der Waals surface area contributed by atoms with Crippen LogP contribution in [-0.4, -0.2) is 33.2 Å². The minimum atomic E-state index is -3.99. The molecule has 0 atom stereocenters. The van der Waals surface area contributed by atoms with Gasteiger partial charge in [-0.25, -0.2) is 8.42 Å². The van der Waals surface area contributed by atoms with Crippen molar-refractivity contribution in [2.75, 3.05) is 23.1 Å². The highest BCUT2D eigenvalue weighted by molar-refractivity contribution is 7.98. The minimum Gasteiger partial charge on any atom is -0.354 e. The van der Waals surface area contributed by atoms with Gasteiger partial charge in [-0.3, -0.25) is 9.10 Å². The lowest BCUT2D eigenvalue weighted by Gasteiger charge is -2.25. The summed E-state index contributed by atoms with van der Waals surface area (Å²) >= 11 is 14.0. The highest BCUT2D eigenvalue weighted by Crippen LogP contribution is 2.30. The number of nitrogens with zero attached hydrogens (tertiary/aromatic N) is 1. The van der Waals surface area contributed by atoms with E-state index in [0.717, 1.165) is 27.8 Å². The smallest absolute Gasteiger partial charge is 0.264 e. The number of thioether (sulfide) groups is 1. The third-order valence-electron chi connectivity index (χ3n) is 4.99. The summed E-state index contributed by atoms with van der Waals surface area (Å²) < 4.78 is 27.8. The molecule has 0 aromatic heterocycles. The van der Waals surface area contributed by atoms with Gasteiger partial charge in [0.25, 0.3) is 10.0 Å². The van der Waals surface area contributed by atoms with E-state index in [1.54, 1.807) is 48.2 Å². The molecule has 0 saturated heterocycles. The molecule has 3 rings (SSSR count). The number of rotatable bonds is 11. The Labute approximate surface area is 215 Å². The van der Waals surface area contributed by atoms with Crippen LogP contribution < -0.4 is 9.62 Å². The van der Waals surface area contributed by atoms with Crippen molar-refractivity contribution in [1.29, 1.82) is 0 Å². The molecule has 1 amide bonds. The Morgan fingerprint density at radius 2 is 1.65 bits per heavy atom. The largest absolute Gasteiger partial charge is 0.354 e. The number of halogens is 2. The molecule has 0 radical (unpaired) electrons. The van der Waals surface area contributed by atoms with Gasteiger partial charge in [-0.05, 0) is 61.1 Å². The maximum Gasteiger partial charge on any atom is 0.264 e. The molecule has 0 spiro atoms. The fourth-order valence-electron chi connectivity index (χ4n) is 3.15. The summed E-state index contributed by atoms with van der Waals surface area (Å²) in [5, 5.41) is 3.79. The number of para-hydroxylation sites is 1. The van der Waals surface area contributed by atoms with Crippen molar-refractivity contribution in [2.45, 2.75) is 24.0 Å². The average Bonchev–Trinajstić information content (AvgIpc) is 2.81. The standard InChI is InChI=1S/C25H26Cl2N2O3S2/c1-19-7-13-22(14-8-19)34(31,32)29(24-6-3-2-5-23(24)27)17-25(30)28-15-4-16-33-18-20-9-11-21(26)12-10-20/h2-3,5-14H,4,15-18H2,1H3,(H,28,30). The Bertz CT molecular complexity index is 1200. The highest BCUT2D eigenvalue weighted by Gasteiger charge is 2.28. The third-order valence-corrected chi connectivity index (χ3v) is 8.45. The van der Waals surface area contributed by atoms with Crippen molar-refractivity contribution in [3.63, 3.8) is 0 Å². The van der Waals surface area contributed by atoms with Crippen LogP contribution >= 0.6 is 35.0 Å². The molecule has 0 unspecified atom stereocenters. The first-order valence-corrected chi connectivity index (χ1v) is 14.1. The summed E-state index contributed by atoms with van der Waals surface area (Å²) in [6.45, 7) is 1.97. The zero-order valence-corrected chi connectivity index (χ0v) is 21.9. The van der Waals surface area contributed by atoms with Gasteiger partial charge in [0.15, 0.2) is 0 Å². The first kappa shape index (κ1) is 26.4. The van der Waals surface area contributed by atoms with Gasteiger partial charge in [0.05, 0.1) is 15.6 Å². The minimum absolute atomic E-state index is 0.101. The molecule has 0 aliphatic heterocycles. The molecule has 0 saturated carbocycles. The summed E-state index contributed by atoms with van der Waals surface area (Å²) in [5.41, 5.74) is 2.39. The lowest BCUT2D eigenvalue weighted by Crippen LogP contribution is -2.41. The Balaban J connectivity index is 1.59. The molecular weight excluding hydrogens is 511 g/mol. The van der Waals surface area contributed by atoms with Crippen molar-refractivity contribution in [2.24, 2.45) is 0 Å². The summed E-state index contributed by atoms with van der Waals surface area (Å²) in [6, 6.07) is 20.8. The second-order valence-corrected chi connectivity index (χ2v) is 11.5. The first-order chi connectivity index (χ1) is 16.3. The summed E-state index contributed by atoms with van der Waals surface area (Å²) in [7, 11) is -3.99. The van der Waals surface area contributed by atoms with Gasteiger partial charge < -0.3 is 5.32 Å². The number of aryl methyl sites for hydroxylation is 1. The van der Waals surface area contributed by atoms with Crippen LogP contribution in [0.4, 0.5) is 5.69 Å². The lowest BCUT2D eigenvalue weighted by atomic mass is 10.2. The molecule has 180 valence electrons. The lowest BCUT2D eigenvalue weighted by molar-refractivity contribution is -0.119. The molecular formula is C25H26Cl2N2O3S2. The molecule has 0 aliphatic rings. The molecule has 0 heterocycles. The zero-order valence-electron chi connectivity index (χ0n) is 18.7. The van der Waals surface area contributed by atoms with Gasteiger partial charge in [-0.1, -0.05) is 65.2 Å². The molecule has 1 N–H and O–H groups in total. The van der Waals surface area contributed by atoms with Crippen molar-refractivity contribution in [3.8, 4) is 0 Å². The fraction of sp³-hybridized carbons (Fsp3) is 0.240. The highest BCUT2D eigenvalue weighted by atomic mass is 35.5. The molecule has 9 heteroatoms. The van der Waals surface area contributed by atoms with Crippen LogP contribution in [0.3, 0.4) is 0 Å². The number of nitrogens with one attached hydrogen (secondary N) is 1. The van der Waals surface area contributed by atoms with E-state index in [1.807, 2.05) is 31.2 Å². The molecule has 3 aromatic carbocycles. The fourth-order valence-corrected chi connectivity index (χ4v) is 5.92. The van der Waals surface area contributed by atoms with Crippen LogP contribution in [0.15, 0.2) is 77.7 Å². The molecule has 3 aromatic rings. The van der Waals surface area contributed by atoms with Crippen molar-refractivity contribution < 1.29 is 13.2 Å². The van der Waals surface area contributed by atoms with Crippen LogP contribution in [0.25, 0.3) is 0 Å². The van der Waals surface area contributed by atoms with Crippen molar-refractivity contribution in [3.05, 3.63) is 94.0 Å². The van der Waals surface area contributed by atoms with E-state index in [-0.39, 0.29) is 22.2 Å². The van der Waals surface area contributed by atoms with Gasteiger partial charge in [0.1, 0.15) is 6.54 Å². The van der Waals surface area contributed by atoms with Gasteiger partial charge >= 0.3 is 0 Å². The van der Waals surface area contributed by atoms with Crippen molar-refractivity contribution in [1.82, 2.24) is 5.32 Å². The Morgan fingerprint density at radius 1 is 0.971 bits per heavy atom. The van der Waals surface area contributed by atoms with Gasteiger partial charge in [-0.2, -0.15) is 11.8 Å². The van der Waals surface area contributed by atoms with Crippen LogP contribution in [0, 0.1) is 6.92 Å². The van der Waals surface area contributed by atoms with Crippen molar-refractivity contribution >= 4 is 56.6 Å². The monoisotopic (exact) mass is 536 g/mol. The normalized spacial score (nSPS) is 11.3. The van der Waals surface area contributed by atoms with E-state index in [4.69, 9.17) is 23.2 Å². The number of carbonyl (C=O) groups is 1. The second kappa shape index (κ2) is 12.5. The predicted octanol–water partition coefficient (Wildman–Crippen LogP) is 5.94. The Hall–Kier alpha value is -2.19. The maximum atomic E-state index is 13.4. The predicted molar refractivity (Wildman–Crippen MR) is 142 cm³/mol. The molecule has 5 nitrogen and oxygen atoms in total. The number of benzene rings is 3. The third kappa shape index (κ3) is 7.40. The van der Waals surface area contributed by atoms with Gasteiger partial charge in [-0.15, -0.1) is 0 Å². The SMILES string of the molecule is Cc1ccc(S(=O)(=O)N(CC(=O)NCCCSCc2ccc(Cl)cc2)c2ccccc2Cl)cc1. The topological polar surface area (TPSA) is 66.5 Å². The number of amides is 1. The van der Waals surface area contributed by atoms with E-state index < -0.39 is 15.9 Å². The van der Waals surface area contributed by atoms with E-state index in [1.165, 1.54) is 17.7 Å². The summed E-state index contributed by atoms with van der Waals surface area (Å²) in [6.07, 6.45) is 0.765. The maximum absolute atomic E-state index is 13.4. The molecule has 0 aliphatic carbocycles. The number of sulfonamides is 1. The molecule has 34 heavy (non-hydrogen) atoms. The number of hydrogen-bond acceptors (Lipinski definition) is 4. The number of hydrogen-bond donors (Lipinski definition) is 1. The van der Waals surface area contributed by atoms with Crippen LogP contribution in [0.2, 0.25) is 10.0 Å². The summed E-state index contributed by atoms with van der Waals surface area (Å²) in [4.78, 5) is 12.8. The molecule has 0 bridgehead atoms. The Morgan fingerprint density at radius 3 is 2.32 bits per heavy atom. The number of anilines is 1. The van der Waals surface area contributed by atoms with E-state index in [2.05, 4.69) is 5.32 Å². The quantitative estimate of drug-likeness (QED) is 0.308. The van der Waals surface area contributed by atoms with Gasteiger partial charge in [0.2, 0.25) is 5.91 Å². The first-order valence-electron chi connectivity index (χ1n) is 10.7. The van der Waals surface area contributed by atoms with Crippen LogP contribution in [-0.2, 0) is 20.6 Å².